The van der Waals surface area contributed by atoms with Crippen molar-refractivity contribution in [3.8, 4) is 5.75 Å². The average Bonchev–Trinajstić information content (AvgIpc) is 2.83. The Labute approximate surface area is 202 Å². The molecule has 1 fully saturated rings. The Morgan fingerprint density at radius 3 is 2.39 bits per heavy atom. The van der Waals surface area contributed by atoms with Crippen LogP contribution in [0.4, 0.5) is 10.5 Å². The SMILES string of the molecule is COc1ccc(CNC(=O)C2CCN(C(=O)CNC(=O)Nc3cc(Cl)ccc3Cl)CC2)cc1. The molecule has 0 spiro atoms. The summed E-state index contributed by atoms with van der Waals surface area (Å²) in [6, 6.07) is 11.7. The van der Waals surface area contributed by atoms with Gasteiger partial charge in [-0.15, -0.1) is 0 Å². The first kappa shape index (κ1) is 24.7. The van der Waals surface area contributed by atoms with Crippen LogP contribution in [0.25, 0.3) is 0 Å². The summed E-state index contributed by atoms with van der Waals surface area (Å²) in [6.07, 6.45) is 1.15. The summed E-state index contributed by atoms with van der Waals surface area (Å²) in [5.74, 6) is 0.393. The maximum atomic E-state index is 12.5. The van der Waals surface area contributed by atoms with Gasteiger partial charge in [0.15, 0.2) is 0 Å². The number of nitrogens with one attached hydrogen (secondary N) is 3. The van der Waals surface area contributed by atoms with E-state index in [2.05, 4.69) is 16.0 Å². The Balaban J connectivity index is 1.37. The van der Waals surface area contributed by atoms with Crippen LogP contribution in [-0.4, -0.2) is 49.5 Å². The van der Waals surface area contributed by atoms with Crippen LogP contribution in [0.15, 0.2) is 42.5 Å². The number of likely N-dealkylation sites (tertiary alicyclic amines) is 1. The van der Waals surface area contributed by atoms with Crippen LogP contribution in [-0.2, 0) is 16.1 Å². The summed E-state index contributed by atoms with van der Waals surface area (Å²) in [5, 5.41) is 8.82. The predicted molar refractivity (Wildman–Crippen MR) is 128 cm³/mol. The highest BCUT2D eigenvalue weighted by molar-refractivity contribution is 6.35. The molecule has 10 heteroatoms. The van der Waals surface area contributed by atoms with E-state index in [1.807, 2.05) is 24.3 Å². The fraction of sp³-hybridized carbons (Fsp3) is 0.348. The molecule has 4 amide bonds. The second-order valence-corrected chi connectivity index (χ2v) is 8.50. The standard InChI is InChI=1S/C23H26Cl2N4O4/c1-33-18-5-2-15(3-6-18)13-26-22(31)16-8-10-29(11-9-16)21(30)14-27-23(32)28-20-12-17(24)4-7-19(20)25/h2-7,12,16H,8-11,13-14H2,1H3,(H,26,31)(H2,27,28,32). The number of carbonyl (C=O) groups excluding carboxylic acids is 3. The molecule has 1 aliphatic rings. The van der Waals surface area contributed by atoms with Crippen LogP contribution >= 0.6 is 23.2 Å². The lowest BCUT2D eigenvalue weighted by Gasteiger charge is -2.31. The van der Waals surface area contributed by atoms with E-state index in [1.165, 1.54) is 6.07 Å². The van der Waals surface area contributed by atoms with Crippen LogP contribution < -0.4 is 20.7 Å². The molecule has 0 unspecified atom stereocenters. The fourth-order valence-electron chi connectivity index (χ4n) is 3.50. The highest BCUT2D eigenvalue weighted by Gasteiger charge is 2.27. The molecule has 0 aliphatic carbocycles. The summed E-state index contributed by atoms with van der Waals surface area (Å²) in [4.78, 5) is 38.7. The Kier molecular flexibility index (Phi) is 8.79. The molecular formula is C23H26Cl2N4O4. The number of benzene rings is 2. The van der Waals surface area contributed by atoms with Gasteiger partial charge in [0.25, 0.3) is 0 Å². The first-order valence-corrected chi connectivity index (χ1v) is 11.3. The first-order valence-electron chi connectivity index (χ1n) is 10.5. The summed E-state index contributed by atoms with van der Waals surface area (Å²) in [5.41, 5.74) is 1.34. The van der Waals surface area contributed by atoms with Gasteiger partial charge in [-0.05, 0) is 48.7 Å². The molecule has 33 heavy (non-hydrogen) atoms. The van der Waals surface area contributed by atoms with Crippen molar-refractivity contribution in [1.82, 2.24) is 15.5 Å². The van der Waals surface area contributed by atoms with E-state index >= 15 is 0 Å². The lowest BCUT2D eigenvalue weighted by molar-refractivity contribution is -0.134. The summed E-state index contributed by atoms with van der Waals surface area (Å²) in [6.45, 7) is 1.21. The first-order chi connectivity index (χ1) is 15.9. The third-order valence-corrected chi connectivity index (χ3v) is 5.99. The number of urea groups is 1. The second kappa shape index (κ2) is 11.8. The lowest BCUT2D eigenvalue weighted by atomic mass is 9.95. The van der Waals surface area contributed by atoms with E-state index in [-0.39, 0.29) is 24.3 Å². The average molecular weight is 493 g/mol. The molecule has 0 atom stereocenters. The number of halogens is 2. The zero-order valence-corrected chi connectivity index (χ0v) is 19.7. The van der Waals surface area contributed by atoms with E-state index in [1.54, 1.807) is 24.1 Å². The quantitative estimate of drug-likeness (QED) is 0.548. The Morgan fingerprint density at radius 2 is 1.73 bits per heavy atom. The molecule has 0 bridgehead atoms. The van der Waals surface area contributed by atoms with Crippen molar-refractivity contribution in [3.63, 3.8) is 0 Å². The second-order valence-electron chi connectivity index (χ2n) is 7.65. The maximum absolute atomic E-state index is 12.5. The zero-order valence-electron chi connectivity index (χ0n) is 18.2. The number of ether oxygens (including phenoxy) is 1. The van der Waals surface area contributed by atoms with Crippen LogP contribution in [0.5, 0.6) is 5.75 Å². The number of piperidine rings is 1. The number of hydrogen-bond donors (Lipinski definition) is 3. The van der Waals surface area contributed by atoms with Crippen molar-refractivity contribution < 1.29 is 19.1 Å². The molecule has 1 aliphatic heterocycles. The monoisotopic (exact) mass is 492 g/mol. The molecule has 0 radical (unpaired) electrons. The summed E-state index contributed by atoms with van der Waals surface area (Å²) >= 11 is 11.9. The minimum atomic E-state index is -0.555. The topological polar surface area (TPSA) is 99.8 Å². The van der Waals surface area contributed by atoms with Crippen LogP contribution in [0, 0.1) is 5.92 Å². The number of rotatable bonds is 7. The Morgan fingerprint density at radius 1 is 1.03 bits per heavy atom. The van der Waals surface area contributed by atoms with Crippen LogP contribution in [0.1, 0.15) is 18.4 Å². The predicted octanol–water partition coefficient (Wildman–Crippen LogP) is 3.68. The van der Waals surface area contributed by atoms with Crippen LogP contribution in [0.2, 0.25) is 10.0 Å². The van der Waals surface area contributed by atoms with Crippen LogP contribution in [0.3, 0.4) is 0 Å². The molecule has 1 saturated heterocycles. The van der Waals surface area contributed by atoms with Gasteiger partial charge in [0.1, 0.15) is 5.75 Å². The smallest absolute Gasteiger partial charge is 0.319 e. The number of amides is 4. The van der Waals surface area contributed by atoms with Gasteiger partial charge in [-0.1, -0.05) is 35.3 Å². The molecule has 1 heterocycles. The van der Waals surface area contributed by atoms with E-state index in [0.717, 1.165) is 11.3 Å². The van der Waals surface area contributed by atoms with E-state index < -0.39 is 6.03 Å². The van der Waals surface area contributed by atoms with Gasteiger partial charge in [-0.3, -0.25) is 9.59 Å². The molecule has 0 aromatic heterocycles. The number of hydrogen-bond acceptors (Lipinski definition) is 4. The van der Waals surface area contributed by atoms with Gasteiger partial charge < -0.3 is 25.6 Å². The molecular weight excluding hydrogens is 467 g/mol. The van der Waals surface area contributed by atoms with Gasteiger partial charge in [0, 0.05) is 30.6 Å². The summed E-state index contributed by atoms with van der Waals surface area (Å²) in [7, 11) is 1.61. The molecule has 0 saturated carbocycles. The van der Waals surface area contributed by atoms with Gasteiger partial charge in [-0.25, -0.2) is 4.79 Å². The minimum Gasteiger partial charge on any atom is -0.497 e. The Hall–Kier alpha value is -2.97. The maximum Gasteiger partial charge on any atom is 0.319 e. The van der Waals surface area contributed by atoms with E-state index in [4.69, 9.17) is 27.9 Å². The number of anilines is 1. The fourth-order valence-corrected chi connectivity index (χ4v) is 3.83. The largest absolute Gasteiger partial charge is 0.497 e. The molecule has 8 nitrogen and oxygen atoms in total. The van der Waals surface area contributed by atoms with Crippen molar-refractivity contribution in [2.45, 2.75) is 19.4 Å². The molecule has 176 valence electrons. The van der Waals surface area contributed by atoms with E-state index in [9.17, 15) is 14.4 Å². The van der Waals surface area contributed by atoms with Gasteiger partial charge in [0.05, 0.1) is 24.4 Å². The zero-order chi connectivity index (χ0) is 23.8. The van der Waals surface area contributed by atoms with Crippen molar-refractivity contribution in [2.24, 2.45) is 5.92 Å². The minimum absolute atomic E-state index is 0.0196. The molecule has 3 rings (SSSR count). The van der Waals surface area contributed by atoms with Gasteiger partial charge >= 0.3 is 6.03 Å². The van der Waals surface area contributed by atoms with Crippen molar-refractivity contribution in [1.29, 1.82) is 0 Å². The Bertz CT molecular complexity index is 992. The van der Waals surface area contributed by atoms with Gasteiger partial charge in [0.2, 0.25) is 11.8 Å². The van der Waals surface area contributed by atoms with Crippen molar-refractivity contribution >= 4 is 46.7 Å². The number of nitrogens with zero attached hydrogens (tertiary/aromatic N) is 1. The van der Waals surface area contributed by atoms with Crippen molar-refractivity contribution in [2.75, 3.05) is 32.1 Å². The highest BCUT2D eigenvalue weighted by Crippen LogP contribution is 2.25. The summed E-state index contributed by atoms with van der Waals surface area (Å²) < 4.78 is 5.13. The number of methoxy groups -OCH3 is 1. The normalized spacial score (nSPS) is 13.8. The van der Waals surface area contributed by atoms with Gasteiger partial charge in [-0.2, -0.15) is 0 Å². The third kappa shape index (κ3) is 7.27. The van der Waals surface area contributed by atoms with E-state index in [0.29, 0.717) is 48.2 Å². The lowest BCUT2D eigenvalue weighted by Crippen LogP contribution is -2.46. The molecule has 3 N–H and O–H groups in total. The highest BCUT2D eigenvalue weighted by atomic mass is 35.5. The molecule has 2 aromatic carbocycles. The third-order valence-electron chi connectivity index (χ3n) is 5.42. The molecule has 2 aromatic rings. The van der Waals surface area contributed by atoms with Crippen molar-refractivity contribution in [3.05, 3.63) is 58.1 Å². The number of carbonyl (C=O) groups is 3.